The molecule has 0 unspecified atom stereocenters. The van der Waals surface area contributed by atoms with Crippen LogP contribution in [0, 0.1) is 0 Å². The van der Waals surface area contributed by atoms with Crippen LogP contribution in [-0.4, -0.2) is 36.5 Å². The maximum absolute atomic E-state index is 12.4. The number of ether oxygens (including phenoxy) is 1. The maximum Gasteiger partial charge on any atom is 0.317 e. The molecule has 0 aromatic heterocycles. The summed E-state index contributed by atoms with van der Waals surface area (Å²) in [5.41, 5.74) is 0.502. The van der Waals surface area contributed by atoms with E-state index in [9.17, 15) is 9.59 Å². The summed E-state index contributed by atoms with van der Waals surface area (Å²) < 4.78 is 5.35. The van der Waals surface area contributed by atoms with Gasteiger partial charge in [0.05, 0.1) is 5.41 Å². The highest BCUT2D eigenvalue weighted by Gasteiger charge is 2.52. The van der Waals surface area contributed by atoms with Crippen molar-refractivity contribution >= 4 is 11.9 Å². The van der Waals surface area contributed by atoms with E-state index in [1.54, 1.807) is 0 Å². The first-order valence-electron chi connectivity index (χ1n) is 8.23. The molecule has 2 fully saturated rings. The molecule has 1 aromatic carbocycles. The van der Waals surface area contributed by atoms with E-state index in [2.05, 4.69) is 0 Å². The molecule has 22 heavy (non-hydrogen) atoms. The molecule has 1 heterocycles. The number of nitrogens with zero attached hydrogens (tertiary/aromatic N) is 1. The molecule has 4 heteroatoms. The third-order valence-electron chi connectivity index (χ3n) is 4.75. The average Bonchev–Trinajstić information content (AvgIpc) is 3.37. The summed E-state index contributed by atoms with van der Waals surface area (Å²) in [6.45, 7) is 1.47. The highest BCUT2D eigenvalue weighted by atomic mass is 16.5. The molecular formula is C18H23NO3. The molecule has 0 bridgehead atoms. The van der Waals surface area contributed by atoms with Gasteiger partial charge in [0, 0.05) is 13.1 Å². The Kier molecular flexibility index (Phi) is 4.46. The van der Waals surface area contributed by atoms with Gasteiger partial charge in [-0.05, 0) is 31.2 Å². The second-order valence-corrected chi connectivity index (χ2v) is 6.32. The van der Waals surface area contributed by atoms with Crippen LogP contribution in [0.4, 0.5) is 0 Å². The number of amides is 1. The van der Waals surface area contributed by atoms with Crippen molar-refractivity contribution < 1.29 is 14.3 Å². The van der Waals surface area contributed by atoms with Crippen LogP contribution in [0.25, 0.3) is 0 Å². The molecule has 1 saturated carbocycles. The van der Waals surface area contributed by atoms with Gasteiger partial charge in [0.15, 0.2) is 6.61 Å². The number of carbonyl (C=O) groups excluding carboxylic acids is 2. The standard InChI is InChI=1S/C18H23NO3/c20-16(19-12-6-1-2-7-13-19)14-22-17(21)18(10-11-18)15-8-4-3-5-9-15/h3-5,8-9H,1-2,6-7,10-14H2. The second-order valence-electron chi connectivity index (χ2n) is 6.32. The van der Waals surface area contributed by atoms with Gasteiger partial charge >= 0.3 is 5.97 Å². The molecule has 1 aliphatic heterocycles. The van der Waals surface area contributed by atoms with Crippen molar-refractivity contribution in [3.63, 3.8) is 0 Å². The first kappa shape index (κ1) is 15.1. The maximum atomic E-state index is 12.4. The number of hydrogen-bond acceptors (Lipinski definition) is 3. The highest BCUT2D eigenvalue weighted by molar-refractivity contribution is 5.89. The predicted molar refractivity (Wildman–Crippen MR) is 83.4 cm³/mol. The van der Waals surface area contributed by atoms with Crippen LogP contribution in [0.5, 0.6) is 0 Å². The van der Waals surface area contributed by atoms with E-state index >= 15 is 0 Å². The fraction of sp³-hybridized carbons (Fsp3) is 0.556. The van der Waals surface area contributed by atoms with E-state index in [0.29, 0.717) is 0 Å². The van der Waals surface area contributed by atoms with Crippen LogP contribution in [0.2, 0.25) is 0 Å². The lowest BCUT2D eigenvalue weighted by Gasteiger charge is -2.21. The summed E-state index contributed by atoms with van der Waals surface area (Å²) in [5, 5.41) is 0. The van der Waals surface area contributed by atoms with Gasteiger partial charge in [0.1, 0.15) is 0 Å². The van der Waals surface area contributed by atoms with Crippen LogP contribution >= 0.6 is 0 Å². The van der Waals surface area contributed by atoms with Crippen LogP contribution in [-0.2, 0) is 19.7 Å². The number of rotatable bonds is 4. The smallest absolute Gasteiger partial charge is 0.317 e. The third kappa shape index (κ3) is 3.16. The predicted octanol–water partition coefficient (Wildman–Crippen LogP) is 2.66. The van der Waals surface area contributed by atoms with Gasteiger partial charge in [-0.25, -0.2) is 0 Å². The third-order valence-corrected chi connectivity index (χ3v) is 4.75. The van der Waals surface area contributed by atoms with Gasteiger partial charge in [-0.15, -0.1) is 0 Å². The Labute approximate surface area is 131 Å². The number of carbonyl (C=O) groups is 2. The van der Waals surface area contributed by atoms with E-state index in [0.717, 1.165) is 44.3 Å². The zero-order chi connectivity index (χ0) is 15.4. The summed E-state index contributed by atoms with van der Waals surface area (Å²) in [4.78, 5) is 26.4. The molecule has 0 spiro atoms. The molecule has 0 radical (unpaired) electrons. The molecule has 1 saturated heterocycles. The highest BCUT2D eigenvalue weighted by Crippen LogP contribution is 2.49. The van der Waals surface area contributed by atoms with E-state index < -0.39 is 5.41 Å². The Morgan fingerprint density at radius 1 is 1.00 bits per heavy atom. The summed E-state index contributed by atoms with van der Waals surface area (Å²) in [7, 11) is 0. The van der Waals surface area contributed by atoms with Gasteiger partial charge in [-0.3, -0.25) is 9.59 Å². The number of esters is 1. The summed E-state index contributed by atoms with van der Waals surface area (Å²) in [6, 6.07) is 9.74. The van der Waals surface area contributed by atoms with E-state index in [-0.39, 0.29) is 18.5 Å². The fourth-order valence-electron chi connectivity index (χ4n) is 3.17. The molecule has 2 aliphatic rings. The Balaban J connectivity index is 1.55. The quantitative estimate of drug-likeness (QED) is 0.803. The lowest BCUT2D eigenvalue weighted by atomic mass is 9.96. The van der Waals surface area contributed by atoms with Crippen molar-refractivity contribution in [2.24, 2.45) is 0 Å². The number of benzene rings is 1. The van der Waals surface area contributed by atoms with Crippen molar-refractivity contribution in [2.75, 3.05) is 19.7 Å². The van der Waals surface area contributed by atoms with Gasteiger partial charge in [0.25, 0.3) is 5.91 Å². The molecule has 1 aromatic rings. The lowest BCUT2D eigenvalue weighted by molar-refractivity contribution is -0.154. The zero-order valence-corrected chi connectivity index (χ0v) is 12.9. The number of hydrogen-bond donors (Lipinski definition) is 0. The largest absolute Gasteiger partial charge is 0.455 e. The molecule has 1 aliphatic carbocycles. The van der Waals surface area contributed by atoms with Crippen molar-refractivity contribution in [1.82, 2.24) is 4.90 Å². The molecule has 118 valence electrons. The minimum Gasteiger partial charge on any atom is -0.455 e. The Morgan fingerprint density at radius 2 is 1.64 bits per heavy atom. The van der Waals surface area contributed by atoms with Crippen LogP contribution < -0.4 is 0 Å². The topological polar surface area (TPSA) is 46.6 Å². The minimum atomic E-state index is -0.500. The summed E-state index contributed by atoms with van der Waals surface area (Å²) in [6.07, 6.45) is 6.09. The van der Waals surface area contributed by atoms with Crippen molar-refractivity contribution in [3.05, 3.63) is 35.9 Å². The van der Waals surface area contributed by atoms with E-state index in [1.807, 2.05) is 35.2 Å². The van der Waals surface area contributed by atoms with E-state index in [4.69, 9.17) is 4.74 Å². The summed E-state index contributed by atoms with van der Waals surface area (Å²) >= 11 is 0. The van der Waals surface area contributed by atoms with Crippen molar-refractivity contribution in [1.29, 1.82) is 0 Å². The Bertz CT molecular complexity index is 529. The molecule has 0 atom stereocenters. The molecular weight excluding hydrogens is 278 g/mol. The first-order chi connectivity index (χ1) is 10.7. The zero-order valence-electron chi connectivity index (χ0n) is 12.9. The van der Waals surface area contributed by atoms with E-state index in [1.165, 1.54) is 12.8 Å². The normalized spacial score (nSPS) is 20.1. The summed E-state index contributed by atoms with van der Waals surface area (Å²) in [5.74, 6) is -0.305. The molecule has 0 N–H and O–H groups in total. The van der Waals surface area contributed by atoms with Gasteiger partial charge in [-0.1, -0.05) is 43.2 Å². The van der Waals surface area contributed by atoms with Gasteiger partial charge in [-0.2, -0.15) is 0 Å². The van der Waals surface area contributed by atoms with Crippen LogP contribution in [0.1, 0.15) is 44.1 Å². The SMILES string of the molecule is O=C(COC(=O)C1(c2ccccc2)CC1)N1CCCCCC1. The van der Waals surface area contributed by atoms with Gasteiger partial charge in [0.2, 0.25) is 0 Å². The van der Waals surface area contributed by atoms with Crippen LogP contribution in [0.3, 0.4) is 0 Å². The van der Waals surface area contributed by atoms with Gasteiger partial charge < -0.3 is 9.64 Å². The molecule has 4 nitrogen and oxygen atoms in total. The second kappa shape index (κ2) is 6.51. The monoisotopic (exact) mass is 301 g/mol. The lowest BCUT2D eigenvalue weighted by Crippen LogP contribution is -2.36. The van der Waals surface area contributed by atoms with Crippen molar-refractivity contribution in [2.45, 2.75) is 43.9 Å². The average molecular weight is 301 g/mol. The Hall–Kier alpha value is -1.84. The molecule has 3 rings (SSSR count). The Morgan fingerprint density at radius 3 is 2.23 bits per heavy atom. The van der Waals surface area contributed by atoms with Crippen molar-refractivity contribution in [3.8, 4) is 0 Å². The minimum absolute atomic E-state index is 0.0564. The fourth-order valence-corrected chi connectivity index (χ4v) is 3.17. The molecule has 1 amide bonds. The first-order valence-corrected chi connectivity index (χ1v) is 8.23. The van der Waals surface area contributed by atoms with Crippen LogP contribution in [0.15, 0.2) is 30.3 Å². The number of likely N-dealkylation sites (tertiary alicyclic amines) is 1.